The number of imidazole rings is 1. The van der Waals surface area contributed by atoms with Crippen LogP contribution < -0.4 is 16.8 Å². The molecule has 1 amide bonds. The summed E-state index contributed by atoms with van der Waals surface area (Å²) in [7, 11) is 0. The van der Waals surface area contributed by atoms with Gasteiger partial charge in [0.1, 0.15) is 11.3 Å². The van der Waals surface area contributed by atoms with Crippen LogP contribution in [0.4, 0.5) is 0 Å². The van der Waals surface area contributed by atoms with Gasteiger partial charge in [0.25, 0.3) is 5.91 Å². The van der Waals surface area contributed by atoms with Crippen LogP contribution in [-0.2, 0) is 6.54 Å². The Hall–Kier alpha value is -2.81. The molecule has 4 heterocycles. The van der Waals surface area contributed by atoms with Crippen molar-refractivity contribution >= 4 is 11.6 Å². The first kappa shape index (κ1) is 21.4. The molecule has 0 bridgehead atoms. The van der Waals surface area contributed by atoms with Gasteiger partial charge in [-0.15, -0.1) is 0 Å². The molecular formula is C23H31N7O. The monoisotopic (exact) mass is 421 g/mol. The van der Waals surface area contributed by atoms with Gasteiger partial charge >= 0.3 is 0 Å². The predicted octanol–water partition coefficient (Wildman–Crippen LogP) is 1.51. The minimum Gasteiger partial charge on any atom is -0.350 e. The molecule has 1 saturated heterocycles. The summed E-state index contributed by atoms with van der Waals surface area (Å²) < 4.78 is 1.87. The van der Waals surface area contributed by atoms with Gasteiger partial charge in [0.2, 0.25) is 0 Å². The molecule has 164 valence electrons. The molecule has 4 rings (SSSR count). The molecule has 3 unspecified atom stereocenters. The molecule has 1 aliphatic heterocycles. The van der Waals surface area contributed by atoms with E-state index < -0.39 is 0 Å². The summed E-state index contributed by atoms with van der Waals surface area (Å²) in [5, 5.41) is 3.09. The minimum absolute atomic E-state index is 0.0282. The third-order valence-corrected chi connectivity index (χ3v) is 5.79. The van der Waals surface area contributed by atoms with E-state index in [4.69, 9.17) is 16.5 Å². The lowest BCUT2D eigenvalue weighted by Crippen LogP contribution is -2.32. The summed E-state index contributed by atoms with van der Waals surface area (Å²) in [4.78, 5) is 24.3. The standard InChI is InChI=1S/C23H31N7O/c1-16(24)10-18(17-4-3-8-26-11-17)12-27-23(31)21-5-2-6-22-28-20(15-30(21)22)14-29-9-7-19(25)13-29/h2-6,8,11,15-16,18-19H,7,9-10,12-14,24-25H2,1H3,(H,27,31). The third-order valence-electron chi connectivity index (χ3n) is 5.79. The van der Waals surface area contributed by atoms with E-state index in [1.807, 2.05) is 54.0 Å². The Balaban J connectivity index is 1.47. The Morgan fingerprint density at radius 1 is 1.32 bits per heavy atom. The number of hydrogen-bond acceptors (Lipinski definition) is 6. The summed E-state index contributed by atoms with van der Waals surface area (Å²) >= 11 is 0. The second-order valence-corrected chi connectivity index (χ2v) is 8.56. The molecular weight excluding hydrogens is 390 g/mol. The molecule has 31 heavy (non-hydrogen) atoms. The van der Waals surface area contributed by atoms with Crippen molar-refractivity contribution in [2.75, 3.05) is 19.6 Å². The second kappa shape index (κ2) is 9.55. The van der Waals surface area contributed by atoms with Crippen molar-refractivity contribution in [2.45, 2.75) is 44.3 Å². The lowest BCUT2D eigenvalue weighted by atomic mass is 9.94. The molecule has 0 aromatic carbocycles. The van der Waals surface area contributed by atoms with Crippen LogP contribution >= 0.6 is 0 Å². The molecule has 8 heteroatoms. The number of fused-ring (bicyclic) bond motifs is 1. The highest BCUT2D eigenvalue weighted by Crippen LogP contribution is 2.20. The van der Waals surface area contributed by atoms with Crippen LogP contribution in [0.25, 0.3) is 5.65 Å². The SMILES string of the molecule is CC(N)CC(CNC(=O)c1cccc2nc(CN3CCC(N)C3)cn12)c1cccnc1. The first-order valence-corrected chi connectivity index (χ1v) is 10.9. The lowest BCUT2D eigenvalue weighted by molar-refractivity contribution is 0.0944. The first-order valence-electron chi connectivity index (χ1n) is 10.9. The second-order valence-electron chi connectivity index (χ2n) is 8.56. The largest absolute Gasteiger partial charge is 0.350 e. The van der Waals surface area contributed by atoms with Crippen molar-refractivity contribution in [3.63, 3.8) is 0 Å². The van der Waals surface area contributed by atoms with E-state index in [1.54, 1.807) is 6.20 Å². The van der Waals surface area contributed by atoms with Gasteiger partial charge in [0, 0.05) is 62.8 Å². The molecule has 0 radical (unpaired) electrons. The molecule has 8 nitrogen and oxygen atoms in total. The molecule has 1 aliphatic rings. The minimum atomic E-state index is -0.128. The van der Waals surface area contributed by atoms with Crippen LogP contribution in [0, 0.1) is 0 Å². The van der Waals surface area contributed by atoms with Crippen LogP contribution in [0.3, 0.4) is 0 Å². The van der Waals surface area contributed by atoms with Crippen LogP contribution in [0.15, 0.2) is 48.9 Å². The number of nitrogens with one attached hydrogen (secondary N) is 1. The summed E-state index contributed by atoms with van der Waals surface area (Å²) in [5.74, 6) is -0.0223. The van der Waals surface area contributed by atoms with Crippen LogP contribution in [0.1, 0.15) is 47.4 Å². The maximum atomic E-state index is 13.0. The topological polar surface area (TPSA) is 115 Å². The molecule has 3 aromatic heterocycles. The van der Waals surface area contributed by atoms with Crippen molar-refractivity contribution in [1.82, 2.24) is 24.6 Å². The Bertz CT molecular complexity index is 1020. The lowest BCUT2D eigenvalue weighted by Gasteiger charge is -2.20. The molecule has 3 aromatic rings. The van der Waals surface area contributed by atoms with Crippen molar-refractivity contribution in [1.29, 1.82) is 0 Å². The number of nitrogens with two attached hydrogens (primary N) is 2. The van der Waals surface area contributed by atoms with Gasteiger partial charge in [-0.2, -0.15) is 0 Å². The maximum Gasteiger partial charge on any atom is 0.268 e. The fourth-order valence-electron chi connectivity index (χ4n) is 4.27. The van der Waals surface area contributed by atoms with E-state index in [-0.39, 0.29) is 23.9 Å². The smallest absolute Gasteiger partial charge is 0.268 e. The average Bonchev–Trinajstić information content (AvgIpc) is 3.36. The van der Waals surface area contributed by atoms with E-state index in [2.05, 4.69) is 15.2 Å². The number of amides is 1. The van der Waals surface area contributed by atoms with Crippen LogP contribution in [-0.4, -0.2) is 56.9 Å². The fourth-order valence-corrected chi connectivity index (χ4v) is 4.27. The van der Waals surface area contributed by atoms with Gasteiger partial charge in [0.05, 0.1) is 5.69 Å². The Labute approximate surface area is 182 Å². The molecule has 0 aliphatic carbocycles. The number of carbonyl (C=O) groups is 1. The highest BCUT2D eigenvalue weighted by Gasteiger charge is 2.21. The van der Waals surface area contributed by atoms with Gasteiger partial charge in [-0.05, 0) is 43.5 Å². The first-order chi connectivity index (χ1) is 15.0. The van der Waals surface area contributed by atoms with Gasteiger partial charge in [-0.25, -0.2) is 4.98 Å². The Morgan fingerprint density at radius 2 is 2.19 bits per heavy atom. The summed E-state index contributed by atoms with van der Waals surface area (Å²) in [6.45, 7) is 5.09. The summed E-state index contributed by atoms with van der Waals surface area (Å²) in [5.41, 5.74) is 15.4. The van der Waals surface area contributed by atoms with Crippen LogP contribution in [0.5, 0.6) is 0 Å². The van der Waals surface area contributed by atoms with Crippen molar-refractivity contribution in [3.8, 4) is 0 Å². The van der Waals surface area contributed by atoms with E-state index in [9.17, 15) is 4.79 Å². The number of rotatable bonds is 8. The molecule has 1 fully saturated rings. The van der Waals surface area contributed by atoms with E-state index in [1.165, 1.54) is 0 Å². The maximum absolute atomic E-state index is 13.0. The van der Waals surface area contributed by atoms with E-state index in [0.717, 1.165) is 49.4 Å². The Kier molecular flexibility index (Phi) is 6.60. The quantitative estimate of drug-likeness (QED) is 0.508. The predicted molar refractivity (Wildman–Crippen MR) is 121 cm³/mol. The van der Waals surface area contributed by atoms with Gasteiger partial charge in [0.15, 0.2) is 0 Å². The van der Waals surface area contributed by atoms with E-state index in [0.29, 0.717) is 12.2 Å². The van der Waals surface area contributed by atoms with Gasteiger partial charge in [-0.1, -0.05) is 12.1 Å². The Morgan fingerprint density at radius 3 is 2.90 bits per heavy atom. The highest BCUT2D eigenvalue weighted by molar-refractivity contribution is 5.93. The summed E-state index contributed by atoms with van der Waals surface area (Å²) in [6, 6.07) is 9.82. The number of pyridine rings is 2. The number of likely N-dealkylation sites (tertiary alicyclic amines) is 1. The molecule has 3 atom stereocenters. The van der Waals surface area contributed by atoms with Crippen molar-refractivity contribution in [2.24, 2.45) is 11.5 Å². The average molecular weight is 422 g/mol. The fraction of sp³-hybridized carbons (Fsp3) is 0.435. The molecule has 0 saturated carbocycles. The zero-order valence-corrected chi connectivity index (χ0v) is 17.9. The zero-order valence-electron chi connectivity index (χ0n) is 17.9. The van der Waals surface area contributed by atoms with Crippen LogP contribution in [0.2, 0.25) is 0 Å². The van der Waals surface area contributed by atoms with Gasteiger partial charge < -0.3 is 16.8 Å². The number of carbonyl (C=O) groups excluding carboxylic acids is 1. The van der Waals surface area contributed by atoms with E-state index >= 15 is 0 Å². The number of aromatic nitrogens is 3. The number of hydrogen-bond donors (Lipinski definition) is 3. The van der Waals surface area contributed by atoms with Crippen molar-refractivity contribution < 1.29 is 4.79 Å². The highest BCUT2D eigenvalue weighted by atomic mass is 16.1. The molecule has 5 N–H and O–H groups in total. The van der Waals surface area contributed by atoms with Gasteiger partial charge in [-0.3, -0.25) is 19.1 Å². The number of nitrogens with zero attached hydrogens (tertiary/aromatic N) is 4. The normalized spacial score (nSPS) is 18.9. The van der Waals surface area contributed by atoms with Crippen molar-refractivity contribution in [3.05, 3.63) is 65.9 Å². The summed E-state index contributed by atoms with van der Waals surface area (Å²) in [6.07, 6.45) is 7.32. The third kappa shape index (κ3) is 5.28. The zero-order chi connectivity index (χ0) is 21.8. The molecule has 0 spiro atoms.